The topological polar surface area (TPSA) is 102 Å². The maximum atomic E-state index is 12.3. The van der Waals surface area contributed by atoms with E-state index in [0.717, 1.165) is 25.9 Å². The molecular weight excluding hydrogens is 350 g/mol. The highest BCUT2D eigenvalue weighted by molar-refractivity contribution is 5.96. The summed E-state index contributed by atoms with van der Waals surface area (Å²) in [7, 11) is 0. The molecule has 8 heteroatoms. The first-order valence-corrected chi connectivity index (χ1v) is 8.59. The minimum absolute atomic E-state index is 0.000572. The predicted octanol–water partition coefficient (Wildman–Crippen LogP) is 2.85. The van der Waals surface area contributed by atoms with Crippen molar-refractivity contribution in [3.8, 4) is 5.75 Å². The molecule has 2 aromatic carbocycles. The molecule has 0 bridgehead atoms. The number of benzene rings is 2. The highest BCUT2D eigenvalue weighted by Gasteiger charge is 2.19. The quantitative estimate of drug-likeness (QED) is 0.623. The van der Waals surface area contributed by atoms with Crippen molar-refractivity contribution >= 4 is 23.2 Å². The number of amides is 2. The van der Waals surface area contributed by atoms with Crippen molar-refractivity contribution in [2.24, 2.45) is 0 Å². The summed E-state index contributed by atoms with van der Waals surface area (Å²) in [5, 5.41) is 13.4. The molecule has 0 atom stereocenters. The van der Waals surface area contributed by atoms with Crippen LogP contribution in [0.25, 0.3) is 0 Å². The van der Waals surface area contributed by atoms with Gasteiger partial charge in [0.25, 0.3) is 17.5 Å². The first kappa shape index (κ1) is 18.4. The Morgan fingerprint density at radius 2 is 1.81 bits per heavy atom. The molecule has 1 saturated heterocycles. The molecule has 2 aromatic rings. The van der Waals surface area contributed by atoms with Crippen LogP contribution < -0.4 is 10.1 Å². The zero-order valence-corrected chi connectivity index (χ0v) is 14.6. The Kier molecular flexibility index (Phi) is 5.65. The first-order chi connectivity index (χ1) is 13.0. The summed E-state index contributed by atoms with van der Waals surface area (Å²) < 4.78 is 5.28. The fourth-order valence-corrected chi connectivity index (χ4v) is 2.83. The lowest BCUT2D eigenvalue weighted by Gasteiger charge is -2.15. The number of nitro groups is 1. The Balaban J connectivity index is 1.52. The molecule has 0 saturated carbocycles. The Bertz CT molecular complexity index is 845. The van der Waals surface area contributed by atoms with Crippen molar-refractivity contribution in [2.45, 2.75) is 12.8 Å². The average Bonchev–Trinajstić information content (AvgIpc) is 3.21. The minimum atomic E-state index is -0.530. The van der Waals surface area contributed by atoms with Crippen LogP contribution in [0.15, 0.2) is 48.5 Å². The maximum Gasteiger partial charge on any atom is 0.273 e. The fourth-order valence-electron chi connectivity index (χ4n) is 2.83. The van der Waals surface area contributed by atoms with Gasteiger partial charge in [-0.05, 0) is 43.2 Å². The largest absolute Gasteiger partial charge is 0.484 e. The number of hydrogen-bond donors (Lipinski definition) is 1. The van der Waals surface area contributed by atoms with Gasteiger partial charge in [-0.2, -0.15) is 0 Å². The average molecular weight is 369 g/mol. The summed E-state index contributed by atoms with van der Waals surface area (Å²) in [4.78, 5) is 36.3. The van der Waals surface area contributed by atoms with E-state index in [2.05, 4.69) is 5.32 Å². The highest BCUT2D eigenvalue weighted by atomic mass is 16.6. The summed E-state index contributed by atoms with van der Waals surface area (Å²) in [5.74, 6) is -0.162. The molecule has 1 fully saturated rings. The lowest BCUT2D eigenvalue weighted by molar-refractivity contribution is -0.384. The molecule has 1 N–H and O–H groups in total. The normalized spacial score (nSPS) is 13.3. The summed E-state index contributed by atoms with van der Waals surface area (Å²) in [6, 6.07) is 12.3. The number of non-ortho nitro benzene ring substituents is 1. The number of anilines is 1. The van der Waals surface area contributed by atoms with Crippen molar-refractivity contribution in [2.75, 3.05) is 25.0 Å². The summed E-state index contributed by atoms with van der Waals surface area (Å²) in [6.07, 6.45) is 2.06. The molecule has 0 unspecified atom stereocenters. The van der Waals surface area contributed by atoms with E-state index in [0.29, 0.717) is 11.3 Å². The van der Waals surface area contributed by atoms with Crippen LogP contribution in [0.5, 0.6) is 5.75 Å². The second-order valence-electron chi connectivity index (χ2n) is 6.17. The lowest BCUT2D eigenvalue weighted by atomic mass is 10.2. The van der Waals surface area contributed by atoms with Gasteiger partial charge in [0.2, 0.25) is 0 Å². The molecular formula is C19H19N3O5. The van der Waals surface area contributed by atoms with Gasteiger partial charge < -0.3 is 15.0 Å². The number of carbonyl (C=O) groups is 2. The molecule has 27 heavy (non-hydrogen) atoms. The summed E-state index contributed by atoms with van der Waals surface area (Å²) in [6.45, 7) is 1.29. The summed E-state index contributed by atoms with van der Waals surface area (Å²) >= 11 is 0. The number of nitrogens with zero attached hydrogens (tertiary/aromatic N) is 2. The molecule has 8 nitrogen and oxygen atoms in total. The Morgan fingerprint density at radius 1 is 1.11 bits per heavy atom. The van der Waals surface area contributed by atoms with Gasteiger partial charge >= 0.3 is 0 Å². The van der Waals surface area contributed by atoms with Crippen LogP contribution >= 0.6 is 0 Å². The predicted molar refractivity (Wildman–Crippen MR) is 98.8 cm³/mol. The van der Waals surface area contributed by atoms with Crippen LogP contribution in [-0.4, -0.2) is 41.3 Å². The van der Waals surface area contributed by atoms with Gasteiger partial charge in [0.1, 0.15) is 5.75 Å². The van der Waals surface area contributed by atoms with Crippen molar-refractivity contribution in [1.82, 2.24) is 4.90 Å². The van der Waals surface area contributed by atoms with E-state index in [4.69, 9.17) is 4.74 Å². The van der Waals surface area contributed by atoms with Crippen LogP contribution in [0.3, 0.4) is 0 Å². The third-order valence-electron chi connectivity index (χ3n) is 4.21. The Morgan fingerprint density at radius 3 is 2.48 bits per heavy atom. The maximum absolute atomic E-state index is 12.3. The van der Waals surface area contributed by atoms with E-state index in [1.807, 2.05) is 4.90 Å². The molecule has 0 spiro atoms. The SMILES string of the molecule is O=C(COc1cccc([N+](=O)[O-])c1)Nc1ccc(C(=O)N2CCCC2)cc1. The van der Waals surface area contributed by atoms with Gasteiger partial charge in [-0.25, -0.2) is 0 Å². The van der Waals surface area contributed by atoms with Gasteiger partial charge in [-0.1, -0.05) is 6.07 Å². The number of likely N-dealkylation sites (tertiary alicyclic amines) is 1. The van der Waals surface area contributed by atoms with Crippen LogP contribution in [0, 0.1) is 10.1 Å². The number of hydrogen-bond acceptors (Lipinski definition) is 5. The first-order valence-electron chi connectivity index (χ1n) is 8.59. The number of rotatable bonds is 6. The van der Waals surface area contributed by atoms with E-state index in [1.165, 1.54) is 18.2 Å². The van der Waals surface area contributed by atoms with Crippen LogP contribution in [0.4, 0.5) is 11.4 Å². The second-order valence-corrected chi connectivity index (χ2v) is 6.17. The molecule has 2 amide bonds. The van der Waals surface area contributed by atoms with Crippen LogP contribution in [-0.2, 0) is 4.79 Å². The van der Waals surface area contributed by atoms with E-state index < -0.39 is 10.8 Å². The molecule has 0 aromatic heterocycles. The van der Waals surface area contributed by atoms with E-state index in [1.54, 1.807) is 30.3 Å². The molecule has 0 radical (unpaired) electrons. The molecule has 3 rings (SSSR count). The van der Waals surface area contributed by atoms with E-state index in [9.17, 15) is 19.7 Å². The molecule has 1 aliphatic rings. The van der Waals surface area contributed by atoms with E-state index >= 15 is 0 Å². The van der Waals surface area contributed by atoms with Crippen molar-refractivity contribution in [3.63, 3.8) is 0 Å². The monoisotopic (exact) mass is 369 g/mol. The molecule has 0 aliphatic carbocycles. The minimum Gasteiger partial charge on any atom is -0.484 e. The molecule has 1 aliphatic heterocycles. The number of nitro benzene ring substituents is 1. The number of nitrogens with one attached hydrogen (secondary N) is 1. The molecule has 1 heterocycles. The molecule has 140 valence electrons. The fraction of sp³-hybridized carbons (Fsp3) is 0.263. The van der Waals surface area contributed by atoms with Crippen LogP contribution in [0.2, 0.25) is 0 Å². The lowest BCUT2D eigenvalue weighted by Crippen LogP contribution is -2.27. The van der Waals surface area contributed by atoms with Gasteiger partial charge in [0, 0.05) is 30.4 Å². The zero-order chi connectivity index (χ0) is 19.2. The summed E-state index contributed by atoms with van der Waals surface area (Å²) in [5.41, 5.74) is 1.02. The number of ether oxygens (including phenoxy) is 1. The smallest absolute Gasteiger partial charge is 0.273 e. The van der Waals surface area contributed by atoms with Gasteiger partial charge in [-0.3, -0.25) is 19.7 Å². The van der Waals surface area contributed by atoms with Gasteiger partial charge in [0.15, 0.2) is 6.61 Å². The standard InChI is InChI=1S/C19H19N3O5/c23-18(13-27-17-5-3-4-16(12-17)22(25)26)20-15-8-6-14(7-9-15)19(24)21-10-1-2-11-21/h3-9,12H,1-2,10-11,13H2,(H,20,23). The third-order valence-corrected chi connectivity index (χ3v) is 4.21. The Labute approximate surface area is 155 Å². The number of carbonyl (C=O) groups excluding carboxylic acids is 2. The highest BCUT2D eigenvalue weighted by Crippen LogP contribution is 2.19. The Hall–Kier alpha value is -3.42. The second kappa shape index (κ2) is 8.31. The van der Waals surface area contributed by atoms with Crippen molar-refractivity contribution < 1.29 is 19.2 Å². The van der Waals surface area contributed by atoms with Crippen molar-refractivity contribution in [3.05, 3.63) is 64.2 Å². The van der Waals surface area contributed by atoms with E-state index in [-0.39, 0.29) is 24.0 Å². The van der Waals surface area contributed by atoms with Crippen molar-refractivity contribution in [1.29, 1.82) is 0 Å². The van der Waals surface area contributed by atoms with Crippen LogP contribution in [0.1, 0.15) is 23.2 Å². The van der Waals surface area contributed by atoms with Gasteiger partial charge in [0.05, 0.1) is 11.0 Å². The zero-order valence-electron chi connectivity index (χ0n) is 14.6. The van der Waals surface area contributed by atoms with Gasteiger partial charge in [-0.15, -0.1) is 0 Å². The third kappa shape index (κ3) is 4.81.